The molecule has 0 fully saturated rings. The molecule has 3 amide bonds. The molecule has 0 unspecified atom stereocenters. The van der Waals surface area contributed by atoms with Gasteiger partial charge in [-0.15, -0.1) is 0 Å². The molecule has 0 aliphatic heterocycles. The molecule has 0 bridgehead atoms. The monoisotopic (exact) mass is 352 g/mol. The van der Waals surface area contributed by atoms with Crippen LogP contribution in [0.2, 0.25) is 5.02 Å². The number of amides is 3. The van der Waals surface area contributed by atoms with Gasteiger partial charge in [0, 0.05) is 24.0 Å². The van der Waals surface area contributed by atoms with Crippen molar-refractivity contribution in [2.24, 2.45) is 0 Å². The Bertz CT molecular complexity index is 717. The van der Waals surface area contributed by atoms with Gasteiger partial charge in [0.2, 0.25) is 5.91 Å². The summed E-state index contributed by atoms with van der Waals surface area (Å²) in [5.74, 6) is -0.286. The van der Waals surface area contributed by atoms with Crippen LogP contribution in [0.1, 0.15) is 12.5 Å². The fourth-order valence-corrected chi connectivity index (χ4v) is 2.87. The molecule has 0 radical (unpaired) electrons. The molecule has 0 aliphatic carbocycles. The number of hydrogen-bond donors (Lipinski definition) is 2. The number of nitrogens with zero attached hydrogens (tertiary/aromatic N) is 2. The number of rotatable bonds is 5. The summed E-state index contributed by atoms with van der Waals surface area (Å²) in [5.41, 5.74) is 1.84. The number of halogens is 1. The molecule has 1 aromatic carbocycles. The molecule has 2 rings (SSSR count). The van der Waals surface area contributed by atoms with Crippen molar-refractivity contribution in [2.45, 2.75) is 19.0 Å². The van der Waals surface area contributed by atoms with E-state index in [2.05, 4.69) is 15.6 Å². The molecule has 0 saturated carbocycles. The molecule has 8 heteroatoms. The van der Waals surface area contributed by atoms with Gasteiger partial charge < -0.3 is 5.32 Å². The zero-order valence-electron chi connectivity index (χ0n) is 12.8. The van der Waals surface area contributed by atoms with Crippen LogP contribution in [0, 0.1) is 6.92 Å². The minimum absolute atomic E-state index is 0.0910. The second-order valence-corrected chi connectivity index (χ2v) is 6.01. The number of imidazole rings is 1. The standard InChI is InChI=1S/C15H17ClN4O2S/c1-3-17-14(22)19-13(21)9-23-15-18-7-8-20(15)12-6-4-5-11(16)10(12)2/h4-8H,3,9H2,1-2H3,(H2,17,19,21,22). The number of urea groups is 1. The highest BCUT2D eigenvalue weighted by atomic mass is 35.5. The van der Waals surface area contributed by atoms with Gasteiger partial charge in [-0.05, 0) is 31.5 Å². The van der Waals surface area contributed by atoms with Crippen LogP contribution in [-0.4, -0.2) is 33.8 Å². The number of imide groups is 1. The molecule has 0 spiro atoms. The second kappa shape index (κ2) is 8.03. The predicted molar refractivity (Wildman–Crippen MR) is 91.3 cm³/mol. The van der Waals surface area contributed by atoms with E-state index in [0.29, 0.717) is 16.7 Å². The highest BCUT2D eigenvalue weighted by molar-refractivity contribution is 7.99. The van der Waals surface area contributed by atoms with Gasteiger partial charge in [-0.3, -0.25) is 14.7 Å². The van der Waals surface area contributed by atoms with E-state index in [1.807, 2.05) is 35.9 Å². The summed E-state index contributed by atoms with van der Waals surface area (Å²) in [7, 11) is 0. The van der Waals surface area contributed by atoms with Crippen molar-refractivity contribution in [3.8, 4) is 5.69 Å². The molecule has 0 atom stereocenters. The summed E-state index contributed by atoms with van der Waals surface area (Å²) in [6, 6.07) is 5.12. The van der Waals surface area contributed by atoms with Crippen molar-refractivity contribution in [2.75, 3.05) is 12.3 Å². The summed E-state index contributed by atoms with van der Waals surface area (Å²) in [5, 5.41) is 6.08. The summed E-state index contributed by atoms with van der Waals surface area (Å²) >= 11 is 7.40. The third kappa shape index (κ3) is 4.49. The van der Waals surface area contributed by atoms with Crippen molar-refractivity contribution in [3.05, 3.63) is 41.2 Å². The van der Waals surface area contributed by atoms with Crippen LogP contribution in [0.4, 0.5) is 4.79 Å². The van der Waals surface area contributed by atoms with Crippen LogP contribution in [-0.2, 0) is 4.79 Å². The number of aromatic nitrogens is 2. The number of thioether (sulfide) groups is 1. The Morgan fingerprint density at radius 3 is 2.91 bits per heavy atom. The fourth-order valence-electron chi connectivity index (χ4n) is 1.93. The first kappa shape index (κ1) is 17.4. The minimum atomic E-state index is -0.493. The van der Waals surface area contributed by atoms with Crippen LogP contribution in [0.5, 0.6) is 0 Å². The Hall–Kier alpha value is -1.99. The summed E-state index contributed by atoms with van der Waals surface area (Å²) in [4.78, 5) is 27.3. The zero-order valence-corrected chi connectivity index (χ0v) is 14.4. The molecule has 2 aromatic rings. The van der Waals surface area contributed by atoms with Crippen LogP contribution in [0.25, 0.3) is 5.69 Å². The Kier molecular flexibility index (Phi) is 6.06. The first-order valence-electron chi connectivity index (χ1n) is 7.02. The first-order chi connectivity index (χ1) is 11.0. The lowest BCUT2D eigenvalue weighted by molar-refractivity contribution is -0.117. The second-order valence-electron chi connectivity index (χ2n) is 4.66. The van der Waals surface area contributed by atoms with E-state index in [1.54, 1.807) is 13.1 Å². The lowest BCUT2D eigenvalue weighted by Crippen LogP contribution is -2.40. The first-order valence-corrected chi connectivity index (χ1v) is 8.38. The molecule has 1 heterocycles. The lowest BCUT2D eigenvalue weighted by Gasteiger charge is -2.11. The van der Waals surface area contributed by atoms with E-state index in [4.69, 9.17) is 11.6 Å². The third-order valence-electron chi connectivity index (χ3n) is 3.03. The normalized spacial score (nSPS) is 10.4. The van der Waals surface area contributed by atoms with Gasteiger partial charge in [0.1, 0.15) is 0 Å². The minimum Gasteiger partial charge on any atom is -0.338 e. The zero-order chi connectivity index (χ0) is 16.8. The number of nitrogens with one attached hydrogen (secondary N) is 2. The van der Waals surface area contributed by atoms with Gasteiger partial charge in [-0.1, -0.05) is 29.4 Å². The van der Waals surface area contributed by atoms with E-state index in [1.165, 1.54) is 11.8 Å². The van der Waals surface area contributed by atoms with E-state index in [0.717, 1.165) is 11.3 Å². The van der Waals surface area contributed by atoms with E-state index in [-0.39, 0.29) is 11.7 Å². The molecule has 1 aromatic heterocycles. The average Bonchev–Trinajstić information content (AvgIpc) is 2.96. The van der Waals surface area contributed by atoms with Crippen molar-refractivity contribution in [1.29, 1.82) is 0 Å². The van der Waals surface area contributed by atoms with E-state index >= 15 is 0 Å². The summed E-state index contributed by atoms with van der Waals surface area (Å²) in [6.07, 6.45) is 3.47. The fraction of sp³-hybridized carbons (Fsp3) is 0.267. The van der Waals surface area contributed by atoms with Crippen molar-refractivity contribution >= 4 is 35.3 Å². The maximum absolute atomic E-state index is 11.7. The topological polar surface area (TPSA) is 76.0 Å². The molecule has 0 saturated heterocycles. The van der Waals surface area contributed by atoms with Gasteiger partial charge >= 0.3 is 6.03 Å². The quantitative estimate of drug-likeness (QED) is 0.811. The Balaban J connectivity index is 2.06. The maximum Gasteiger partial charge on any atom is 0.321 e. The molecule has 6 nitrogen and oxygen atoms in total. The molecule has 23 heavy (non-hydrogen) atoms. The van der Waals surface area contributed by atoms with Gasteiger partial charge in [-0.2, -0.15) is 0 Å². The van der Waals surface area contributed by atoms with Gasteiger partial charge in [0.05, 0.1) is 11.4 Å². The Labute approximate surface area is 143 Å². The summed E-state index contributed by atoms with van der Waals surface area (Å²) in [6.45, 7) is 4.17. The Morgan fingerprint density at radius 1 is 1.39 bits per heavy atom. The number of carbonyl (C=O) groups excluding carboxylic acids is 2. The van der Waals surface area contributed by atoms with Gasteiger partial charge in [-0.25, -0.2) is 9.78 Å². The molecule has 2 N–H and O–H groups in total. The van der Waals surface area contributed by atoms with Crippen LogP contribution < -0.4 is 10.6 Å². The maximum atomic E-state index is 11.7. The third-order valence-corrected chi connectivity index (χ3v) is 4.40. The molecular formula is C15H17ClN4O2S. The molecular weight excluding hydrogens is 336 g/mol. The smallest absolute Gasteiger partial charge is 0.321 e. The highest BCUT2D eigenvalue weighted by Gasteiger charge is 2.13. The highest BCUT2D eigenvalue weighted by Crippen LogP contribution is 2.26. The van der Waals surface area contributed by atoms with E-state index in [9.17, 15) is 9.59 Å². The lowest BCUT2D eigenvalue weighted by atomic mass is 10.2. The largest absolute Gasteiger partial charge is 0.338 e. The van der Waals surface area contributed by atoms with Crippen LogP contribution >= 0.6 is 23.4 Å². The van der Waals surface area contributed by atoms with Gasteiger partial charge in [0.15, 0.2) is 5.16 Å². The van der Waals surface area contributed by atoms with Crippen molar-refractivity contribution in [1.82, 2.24) is 20.2 Å². The van der Waals surface area contributed by atoms with Crippen LogP contribution in [0.3, 0.4) is 0 Å². The van der Waals surface area contributed by atoms with Crippen molar-refractivity contribution in [3.63, 3.8) is 0 Å². The van der Waals surface area contributed by atoms with Crippen molar-refractivity contribution < 1.29 is 9.59 Å². The summed E-state index contributed by atoms with van der Waals surface area (Å²) < 4.78 is 1.87. The average molecular weight is 353 g/mol. The van der Waals surface area contributed by atoms with E-state index < -0.39 is 6.03 Å². The molecule has 122 valence electrons. The SMILES string of the molecule is CCNC(=O)NC(=O)CSc1nccn1-c1cccc(Cl)c1C. The predicted octanol–water partition coefficient (Wildman–Crippen LogP) is 2.77. The number of benzene rings is 1. The number of carbonyl (C=O) groups is 2. The number of hydrogen-bond acceptors (Lipinski definition) is 4. The van der Waals surface area contributed by atoms with Crippen LogP contribution in [0.15, 0.2) is 35.7 Å². The molecule has 0 aliphatic rings. The van der Waals surface area contributed by atoms with Gasteiger partial charge in [0.25, 0.3) is 0 Å². The Morgan fingerprint density at radius 2 is 2.17 bits per heavy atom.